The Bertz CT molecular complexity index is 1260. The smallest absolute Gasteiger partial charge is 0.257 e. The molecular formula is C23H19N5O3. The number of ether oxygens (including phenoxy) is 1. The molecule has 1 saturated carbocycles. The molecule has 3 heterocycles. The van der Waals surface area contributed by atoms with Crippen molar-refractivity contribution in [3.8, 4) is 11.5 Å². The fraction of sp³-hybridized carbons (Fsp3) is 0.130. The Hall–Kier alpha value is -4.20. The van der Waals surface area contributed by atoms with E-state index in [1.165, 1.54) is 6.20 Å². The van der Waals surface area contributed by atoms with Crippen molar-refractivity contribution in [2.24, 2.45) is 5.92 Å². The number of hydrogen-bond acceptors (Lipinski definition) is 5. The minimum Gasteiger partial charge on any atom is -0.456 e. The van der Waals surface area contributed by atoms with Crippen LogP contribution in [0, 0.1) is 5.92 Å². The lowest BCUT2D eigenvalue weighted by molar-refractivity contribution is -0.117. The zero-order valence-corrected chi connectivity index (χ0v) is 16.5. The molecule has 2 N–H and O–H groups in total. The number of benzene rings is 1. The quantitative estimate of drug-likeness (QED) is 0.495. The van der Waals surface area contributed by atoms with E-state index in [9.17, 15) is 9.59 Å². The first kappa shape index (κ1) is 18.8. The van der Waals surface area contributed by atoms with Gasteiger partial charge in [0, 0.05) is 30.1 Å². The maximum Gasteiger partial charge on any atom is 0.257 e. The lowest BCUT2D eigenvalue weighted by Crippen LogP contribution is -2.13. The third-order valence-corrected chi connectivity index (χ3v) is 4.87. The number of carbonyl (C=O) groups excluding carboxylic acids is 2. The topological polar surface area (TPSA) is 97.6 Å². The molecule has 4 aromatic rings. The Morgan fingerprint density at radius 2 is 1.90 bits per heavy atom. The summed E-state index contributed by atoms with van der Waals surface area (Å²) < 4.78 is 7.75. The third-order valence-electron chi connectivity index (χ3n) is 4.87. The highest BCUT2D eigenvalue weighted by atomic mass is 16.5. The summed E-state index contributed by atoms with van der Waals surface area (Å²) in [5.74, 6) is 1.59. The molecule has 3 aromatic heterocycles. The molecule has 1 fully saturated rings. The maximum absolute atomic E-state index is 12.3. The monoisotopic (exact) mass is 413 g/mol. The van der Waals surface area contributed by atoms with Gasteiger partial charge in [-0.25, -0.2) is 4.98 Å². The van der Waals surface area contributed by atoms with Crippen LogP contribution in [-0.2, 0) is 4.79 Å². The average Bonchev–Trinajstić information content (AvgIpc) is 3.55. The van der Waals surface area contributed by atoms with Crippen molar-refractivity contribution in [2.45, 2.75) is 12.8 Å². The molecule has 154 valence electrons. The van der Waals surface area contributed by atoms with Crippen LogP contribution in [0.1, 0.15) is 23.2 Å². The summed E-state index contributed by atoms with van der Waals surface area (Å²) in [6.45, 7) is 0. The molecule has 8 nitrogen and oxygen atoms in total. The van der Waals surface area contributed by atoms with E-state index in [2.05, 4.69) is 20.6 Å². The molecule has 0 spiro atoms. The molecule has 8 heteroatoms. The number of nitrogens with zero attached hydrogens (tertiary/aromatic N) is 3. The van der Waals surface area contributed by atoms with Gasteiger partial charge in [0.15, 0.2) is 5.82 Å². The van der Waals surface area contributed by atoms with E-state index < -0.39 is 0 Å². The number of amides is 2. The predicted molar refractivity (Wildman–Crippen MR) is 115 cm³/mol. The van der Waals surface area contributed by atoms with Gasteiger partial charge in [0.2, 0.25) is 5.91 Å². The second kappa shape index (κ2) is 7.91. The van der Waals surface area contributed by atoms with Crippen LogP contribution in [-0.4, -0.2) is 26.2 Å². The molecule has 5 rings (SSSR count). The second-order valence-electron chi connectivity index (χ2n) is 7.35. The number of anilines is 2. The van der Waals surface area contributed by atoms with Crippen molar-refractivity contribution in [3.05, 3.63) is 78.9 Å². The highest BCUT2D eigenvalue weighted by Gasteiger charge is 2.30. The van der Waals surface area contributed by atoms with Crippen LogP contribution in [0.4, 0.5) is 11.5 Å². The van der Waals surface area contributed by atoms with Crippen LogP contribution in [0.25, 0.3) is 5.65 Å². The summed E-state index contributed by atoms with van der Waals surface area (Å²) in [5.41, 5.74) is 1.79. The van der Waals surface area contributed by atoms with Gasteiger partial charge in [0.25, 0.3) is 5.91 Å². The van der Waals surface area contributed by atoms with E-state index in [1.807, 2.05) is 6.07 Å². The molecule has 31 heavy (non-hydrogen) atoms. The highest BCUT2D eigenvalue weighted by molar-refractivity contribution is 6.04. The number of rotatable bonds is 6. The van der Waals surface area contributed by atoms with Gasteiger partial charge in [0.05, 0.1) is 18.0 Å². The number of fused-ring (bicyclic) bond motifs is 1. The largest absolute Gasteiger partial charge is 0.456 e. The van der Waals surface area contributed by atoms with Crippen molar-refractivity contribution >= 4 is 29.0 Å². The molecule has 0 radical (unpaired) electrons. The standard InChI is InChI=1S/C23H19N5O3/c29-22(15-6-7-15)27-20-14-28-13-19(8-9-21(28)26-20)31-18-5-1-4-17(11-18)25-23(30)16-3-2-10-24-12-16/h1-5,8-15H,6-7H2,(H,25,30)(H,27,29). The molecule has 1 aliphatic rings. The normalized spacial score (nSPS) is 13.0. The van der Waals surface area contributed by atoms with Crippen LogP contribution in [0.15, 0.2) is 73.3 Å². The Kier molecular flexibility index (Phi) is 4.80. The number of aromatic nitrogens is 3. The van der Waals surface area contributed by atoms with E-state index in [1.54, 1.807) is 65.5 Å². The summed E-state index contributed by atoms with van der Waals surface area (Å²) in [6, 6.07) is 14.2. The lowest BCUT2D eigenvalue weighted by atomic mass is 10.2. The Morgan fingerprint density at radius 3 is 2.71 bits per heavy atom. The van der Waals surface area contributed by atoms with E-state index in [0.29, 0.717) is 34.2 Å². The van der Waals surface area contributed by atoms with Crippen LogP contribution < -0.4 is 15.4 Å². The molecule has 2 amide bonds. The van der Waals surface area contributed by atoms with Crippen LogP contribution in [0.2, 0.25) is 0 Å². The predicted octanol–water partition coefficient (Wildman–Crippen LogP) is 4.12. The number of hydrogen-bond donors (Lipinski definition) is 2. The van der Waals surface area contributed by atoms with Gasteiger partial charge in [-0.15, -0.1) is 0 Å². The van der Waals surface area contributed by atoms with E-state index in [4.69, 9.17) is 4.74 Å². The zero-order valence-electron chi connectivity index (χ0n) is 16.5. The van der Waals surface area contributed by atoms with Crippen molar-refractivity contribution < 1.29 is 14.3 Å². The fourth-order valence-corrected chi connectivity index (χ4v) is 3.14. The van der Waals surface area contributed by atoms with Gasteiger partial charge >= 0.3 is 0 Å². The Labute approximate surface area is 177 Å². The van der Waals surface area contributed by atoms with E-state index >= 15 is 0 Å². The first-order chi connectivity index (χ1) is 15.1. The van der Waals surface area contributed by atoms with Gasteiger partial charge in [-0.1, -0.05) is 6.07 Å². The third kappa shape index (κ3) is 4.37. The summed E-state index contributed by atoms with van der Waals surface area (Å²) in [4.78, 5) is 32.6. The first-order valence-corrected chi connectivity index (χ1v) is 9.93. The fourth-order valence-electron chi connectivity index (χ4n) is 3.14. The first-order valence-electron chi connectivity index (χ1n) is 9.93. The van der Waals surface area contributed by atoms with Crippen LogP contribution in [0.5, 0.6) is 11.5 Å². The van der Waals surface area contributed by atoms with Crippen molar-refractivity contribution in [1.29, 1.82) is 0 Å². The average molecular weight is 413 g/mol. The summed E-state index contributed by atoms with van der Waals surface area (Å²) in [7, 11) is 0. The number of nitrogens with one attached hydrogen (secondary N) is 2. The number of pyridine rings is 2. The van der Waals surface area contributed by atoms with Crippen molar-refractivity contribution in [1.82, 2.24) is 14.4 Å². The molecule has 1 aliphatic carbocycles. The van der Waals surface area contributed by atoms with E-state index in [-0.39, 0.29) is 17.7 Å². The molecular weight excluding hydrogens is 394 g/mol. The SMILES string of the molecule is O=C(Nc1cccc(Oc2ccc3nc(NC(=O)C4CC4)cn3c2)c1)c1cccnc1. The molecule has 0 bridgehead atoms. The summed E-state index contributed by atoms with van der Waals surface area (Å²) in [6.07, 6.45) is 8.56. The zero-order chi connectivity index (χ0) is 21.2. The minimum absolute atomic E-state index is 0.0185. The molecule has 0 unspecified atom stereocenters. The van der Waals surface area contributed by atoms with Gasteiger partial charge in [-0.3, -0.25) is 14.6 Å². The maximum atomic E-state index is 12.3. The number of carbonyl (C=O) groups is 2. The van der Waals surface area contributed by atoms with Gasteiger partial charge < -0.3 is 19.8 Å². The number of imidazole rings is 1. The molecule has 0 aliphatic heterocycles. The Morgan fingerprint density at radius 1 is 1.00 bits per heavy atom. The van der Waals surface area contributed by atoms with E-state index in [0.717, 1.165) is 12.8 Å². The molecule has 0 saturated heterocycles. The van der Waals surface area contributed by atoms with Gasteiger partial charge in [0.1, 0.15) is 17.1 Å². The summed E-state index contributed by atoms with van der Waals surface area (Å²) >= 11 is 0. The minimum atomic E-state index is -0.245. The van der Waals surface area contributed by atoms with Crippen LogP contribution in [0.3, 0.4) is 0 Å². The van der Waals surface area contributed by atoms with Crippen LogP contribution >= 0.6 is 0 Å². The van der Waals surface area contributed by atoms with Gasteiger partial charge in [-0.05, 0) is 49.2 Å². The van der Waals surface area contributed by atoms with Crippen molar-refractivity contribution in [2.75, 3.05) is 10.6 Å². The molecule has 0 atom stereocenters. The summed E-state index contributed by atoms with van der Waals surface area (Å²) in [5, 5.41) is 5.68. The van der Waals surface area contributed by atoms with Crippen molar-refractivity contribution in [3.63, 3.8) is 0 Å². The Balaban J connectivity index is 1.29. The highest BCUT2D eigenvalue weighted by Crippen LogP contribution is 2.30. The molecule has 1 aromatic carbocycles. The van der Waals surface area contributed by atoms with Gasteiger partial charge in [-0.2, -0.15) is 0 Å². The lowest BCUT2D eigenvalue weighted by Gasteiger charge is -2.09. The second-order valence-corrected chi connectivity index (χ2v) is 7.35.